The minimum absolute atomic E-state index is 0.0727. The summed E-state index contributed by atoms with van der Waals surface area (Å²) in [4.78, 5) is 25.9. The van der Waals surface area contributed by atoms with E-state index in [1.165, 1.54) is 24.3 Å². The van der Waals surface area contributed by atoms with Crippen LogP contribution in [-0.2, 0) is 9.53 Å². The Morgan fingerprint density at radius 3 is 2.78 bits per heavy atom. The molecule has 1 aromatic carbocycles. The summed E-state index contributed by atoms with van der Waals surface area (Å²) in [5, 5.41) is 2.82. The second kappa shape index (κ2) is 8.62. The van der Waals surface area contributed by atoms with Gasteiger partial charge in [0.2, 0.25) is 0 Å². The summed E-state index contributed by atoms with van der Waals surface area (Å²) in [5.74, 6) is -0.784. The molecular weight excluding hydrogens is 299 g/mol. The molecule has 1 fully saturated rings. The number of carbonyl (C=O) groups excluding carboxylic acids is 2. The number of halogens is 1. The number of likely N-dealkylation sites (tertiary alicyclic amines) is 1. The van der Waals surface area contributed by atoms with Crippen molar-refractivity contribution in [3.05, 3.63) is 35.6 Å². The largest absolute Gasteiger partial charge is 0.466 e. The van der Waals surface area contributed by atoms with Crippen LogP contribution in [0, 0.1) is 11.7 Å². The lowest BCUT2D eigenvalue weighted by molar-refractivity contribution is -0.149. The first-order chi connectivity index (χ1) is 11.1. The van der Waals surface area contributed by atoms with Gasteiger partial charge in [0.1, 0.15) is 5.82 Å². The lowest BCUT2D eigenvalue weighted by Gasteiger charge is -2.31. The quantitative estimate of drug-likeness (QED) is 0.812. The smallest absolute Gasteiger partial charge is 0.310 e. The second-order valence-corrected chi connectivity index (χ2v) is 5.65. The van der Waals surface area contributed by atoms with Crippen LogP contribution in [0.5, 0.6) is 0 Å². The first-order valence-corrected chi connectivity index (χ1v) is 8.03. The van der Waals surface area contributed by atoms with Gasteiger partial charge in [-0.05, 0) is 50.6 Å². The molecular formula is C17H23FN2O3. The molecule has 1 unspecified atom stereocenters. The number of hydrogen-bond acceptors (Lipinski definition) is 4. The van der Waals surface area contributed by atoms with Crippen molar-refractivity contribution in [2.75, 3.05) is 32.8 Å². The Morgan fingerprint density at radius 1 is 1.35 bits per heavy atom. The molecule has 1 N–H and O–H groups in total. The third-order valence-electron chi connectivity index (χ3n) is 3.95. The van der Waals surface area contributed by atoms with E-state index >= 15 is 0 Å². The van der Waals surface area contributed by atoms with Gasteiger partial charge >= 0.3 is 5.97 Å². The lowest BCUT2D eigenvalue weighted by Crippen LogP contribution is -2.43. The molecule has 1 aromatic rings. The van der Waals surface area contributed by atoms with E-state index in [9.17, 15) is 14.0 Å². The molecule has 1 heterocycles. The highest BCUT2D eigenvalue weighted by Crippen LogP contribution is 2.17. The number of benzene rings is 1. The van der Waals surface area contributed by atoms with E-state index in [1.807, 2.05) is 6.92 Å². The average molecular weight is 322 g/mol. The van der Waals surface area contributed by atoms with Gasteiger partial charge in [-0.2, -0.15) is 0 Å². The van der Waals surface area contributed by atoms with Crippen LogP contribution in [0.4, 0.5) is 4.39 Å². The molecule has 0 radical (unpaired) electrons. The van der Waals surface area contributed by atoms with Crippen molar-refractivity contribution in [1.29, 1.82) is 0 Å². The summed E-state index contributed by atoms with van der Waals surface area (Å²) in [6, 6.07) is 5.46. The number of carbonyl (C=O) groups is 2. The zero-order valence-electron chi connectivity index (χ0n) is 13.4. The Labute approximate surface area is 135 Å². The highest BCUT2D eigenvalue weighted by Gasteiger charge is 2.26. The summed E-state index contributed by atoms with van der Waals surface area (Å²) in [5.41, 5.74) is 0.439. The minimum Gasteiger partial charge on any atom is -0.466 e. The van der Waals surface area contributed by atoms with Crippen LogP contribution < -0.4 is 5.32 Å². The average Bonchev–Trinajstić information content (AvgIpc) is 2.56. The first-order valence-electron chi connectivity index (χ1n) is 8.03. The third kappa shape index (κ3) is 5.32. The van der Waals surface area contributed by atoms with Gasteiger partial charge in [0.15, 0.2) is 0 Å². The Hall–Kier alpha value is -1.95. The molecule has 5 nitrogen and oxygen atoms in total. The molecule has 6 heteroatoms. The fourth-order valence-electron chi connectivity index (χ4n) is 2.74. The van der Waals surface area contributed by atoms with Gasteiger partial charge in [0, 0.05) is 25.2 Å². The Bertz CT molecular complexity index is 533. The number of rotatable bonds is 6. The molecule has 23 heavy (non-hydrogen) atoms. The molecule has 2 rings (SSSR count). The van der Waals surface area contributed by atoms with E-state index in [0.29, 0.717) is 31.8 Å². The molecule has 0 bridgehead atoms. The van der Waals surface area contributed by atoms with E-state index in [1.54, 1.807) is 0 Å². The molecule has 1 aliphatic heterocycles. The van der Waals surface area contributed by atoms with Gasteiger partial charge in [-0.15, -0.1) is 0 Å². The molecule has 0 aromatic heterocycles. The van der Waals surface area contributed by atoms with E-state index in [-0.39, 0.29) is 23.6 Å². The Morgan fingerprint density at radius 2 is 2.09 bits per heavy atom. The fourth-order valence-corrected chi connectivity index (χ4v) is 2.74. The SMILES string of the molecule is CCOC(=O)C1CCCN(CCNC(=O)c2ccc(F)cc2)C1. The van der Waals surface area contributed by atoms with E-state index < -0.39 is 0 Å². The van der Waals surface area contributed by atoms with Crippen molar-refractivity contribution in [1.82, 2.24) is 10.2 Å². The van der Waals surface area contributed by atoms with Crippen LogP contribution in [0.15, 0.2) is 24.3 Å². The summed E-state index contributed by atoms with van der Waals surface area (Å²) in [6.07, 6.45) is 1.81. The molecule has 0 spiro atoms. The summed E-state index contributed by atoms with van der Waals surface area (Å²) in [6.45, 7) is 4.98. The normalized spacial score (nSPS) is 18.4. The Balaban J connectivity index is 1.74. The zero-order valence-corrected chi connectivity index (χ0v) is 13.4. The number of nitrogens with one attached hydrogen (secondary N) is 1. The van der Waals surface area contributed by atoms with Crippen LogP contribution in [0.3, 0.4) is 0 Å². The number of hydrogen-bond donors (Lipinski definition) is 1. The third-order valence-corrected chi connectivity index (χ3v) is 3.95. The van der Waals surface area contributed by atoms with Crippen molar-refractivity contribution in [3.8, 4) is 0 Å². The number of nitrogens with zero attached hydrogens (tertiary/aromatic N) is 1. The highest BCUT2D eigenvalue weighted by atomic mass is 19.1. The molecule has 1 atom stereocenters. The molecule has 126 valence electrons. The number of esters is 1. The predicted octanol–water partition coefficient (Wildman–Crippen LogP) is 1.83. The van der Waals surface area contributed by atoms with Crippen molar-refractivity contribution in [3.63, 3.8) is 0 Å². The lowest BCUT2D eigenvalue weighted by atomic mass is 9.98. The maximum absolute atomic E-state index is 12.8. The maximum Gasteiger partial charge on any atom is 0.310 e. The number of amides is 1. The molecule has 1 saturated heterocycles. The van der Waals surface area contributed by atoms with Gasteiger partial charge in [-0.25, -0.2) is 4.39 Å². The minimum atomic E-state index is -0.361. The van der Waals surface area contributed by atoms with Crippen molar-refractivity contribution in [2.45, 2.75) is 19.8 Å². The molecule has 0 saturated carbocycles. The first kappa shape index (κ1) is 17.4. The molecule has 1 amide bonds. The zero-order chi connectivity index (χ0) is 16.7. The van der Waals surface area contributed by atoms with Gasteiger partial charge < -0.3 is 15.0 Å². The summed E-state index contributed by atoms with van der Waals surface area (Å²) < 4.78 is 17.9. The topological polar surface area (TPSA) is 58.6 Å². The highest BCUT2D eigenvalue weighted by molar-refractivity contribution is 5.94. The van der Waals surface area contributed by atoms with E-state index in [2.05, 4.69) is 10.2 Å². The van der Waals surface area contributed by atoms with Crippen molar-refractivity contribution >= 4 is 11.9 Å². The summed E-state index contributed by atoms with van der Waals surface area (Å²) in [7, 11) is 0. The van der Waals surface area contributed by atoms with E-state index in [4.69, 9.17) is 4.74 Å². The summed E-state index contributed by atoms with van der Waals surface area (Å²) >= 11 is 0. The molecule has 1 aliphatic rings. The van der Waals surface area contributed by atoms with Gasteiger partial charge in [-0.3, -0.25) is 9.59 Å². The van der Waals surface area contributed by atoms with Crippen LogP contribution in [0.2, 0.25) is 0 Å². The van der Waals surface area contributed by atoms with Crippen LogP contribution in [0.1, 0.15) is 30.1 Å². The van der Waals surface area contributed by atoms with Gasteiger partial charge in [0.05, 0.1) is 12.5 Å². The second-order valence-electron chi connectivity index (χ2n) is 5.65. The van der Waals surface area contributed by atoms with Gasteiger partial charge in [0.25, 0.3) is 5.91 Å². The van der Waals surface area contributed by atoms with Crippen LogP contribution in [0.25, 0.3) is 0 Å². The predicted molar refractivity (Wildman–Crippen MR) is 84.5 cm³/mol. The monoisotopic (exact) mass is 322 g/mol. The molecule has 0 aliphatic carbocycles. The van der Waals surface area contributed by atoms with Crippen molar-refractivity contribution < 1.29 is 18.7 Å². The van der Waals surface area contributed by atoms with Crippen LogP contribution >= 0.6 is 0 Å². The van der Waals surface area contributed by atoms with E-state index in [0.717, 1.165) is 19.4 Å². The van der Waals surface area contributed by atoms with Gasteiger partial charge in [-0.1, -0.05) is 0 Å². The number of piperidine rings is 1. The Kier molecular flexibility index (Phi) is 6.52. The van der Waals surface area contributed by atoms with Crippen LogP contribution in [-0.4, -0.2) is 49.6 Å². The number of ether oxygens (including phenoxy) is 1. The maximum atomic E-state index is 12.8. The van der Waals surface area contributed by atoms with Crippen molar-refractivity contribution in [2.24, 2.45) is 5.92 Å². The standard InChI is InChI=1S/C17H23FN2O3/c1-2-23-17(22)14-4-3-10-20(12-14)11-9-19-16(21)13-5-7-15(18)8-6-13/h5-8,14H,2-4,9-12H2,1H3,(H,19,21). The fraction of sp³-hybridized carbons (Fsp3) is 0.529.